The van der Waals surface area contributed by atoms with E-state index in [4.69, 9.17) is 23.2 Å². The highest BCUT2D eigenvalue weighted by atomic mass is 35.5. The Kier molecular flexibility index (Phi) is 6.72. The zero-order valence-corrected chi connectivity index (χ0v) is 13.2. The summed E-state index contributed by atoms with van der Waals surface area (Å²) in [6.45, 7) is 9.67. The standard InChI is InChI=1S/C15H17Cl2FN2O/c1-4-6-20(7-5-2)15(21)19-10(3)11-8-14(18)13(17)9-12(11)16/h4-5,8-10H,1-2,6-7H2,3H3,(H,19,21). The van der Waals surface area contributed by atoms with Crippen molar-refractivity contribution in [2.45, 2.75) is 13.0 Å². The van der Waals surface area contributed by atoms with E-state index in [0.717, 1.165) is 0 Å². The largest absolute Gasteiger partial charge is 0.331 e. The lowest BCUT2D eigenvalue weighted by atomic mass is 10.1. The Balaban J connectivity index is 2.86. The second kappa shape index (κ2) is 8.05. The first kappa shape index (κ1) is 17.5. The van der Waals surface area contributed by atoms with Crippen molar-refractivity contribution in [3.05, 3.63) is 58.9 Å². The van der Waals surface area contributed by atoms with Gasteiger partial charge in [0.25, 0.3) is 0 Å². The summed E-state index contributed by atoms with van der Waals surface area (Å²) < 4.78 is 13.5. The fourth-order valence-electron chi connectivity index (χ4n) is 1.78. The lowest BCUT2D eigenvalue weighted by Gasteiger charge is -2.23. The lowest BCUT2D eigenvalue weighted by Crippen LogP contribution is -2.41. The third kappa shape index (κ3) is 4.76. The zero-order valence-electron chi connectivity index (χ0n) is 11.7. The van der Waals surface area contributed by atoms with Crippen LogP contribution < -0.4 is 5.32 Å². The van der Waals surface area contributed by atoms with Crippen molar-refractivity contribution in [3.63, 3.8) is 0 Å². The Bertz CT molecular complexity index is 539. The monoisotopic (exact) mass is 330 g/mol. The van der Waals surface area contributed by atoms with Gasteiger partial charge in [0, 0.05) is 18.1 Å². The summed E-state index contributed by atoms with van der Waals surface area (Å²) in [6, 6.07) is 1.77. The minimum Gasteiger partial charge on any atom is -0.331 e. The molecule has 0 aliphatic rings. The SMILES string of the molecule is C=CCN(CC=C)C(=O)NC(C)c1cc(F)c(Cl)cc1Cl. The van der Waals surface area contributed by atoms with Gasteiger partial charge in [-0.3, -0.25) is 0 Å². The molecule has 1 aromatic rings. The highest BCUT2D eigenvalue weighted by molar-refractivity contribution is 6.35. The minimum atomic E-state index is -0.578. The Morgan fingerprint density at radius 2 is 1.90 bits per heavy atom. The Morgan fingerprint density at radius 3 is 2.43 bits per heavy atom. The van der Waals surface area contributed by atoms with Gasteiger partial charge < -0.3 is 10.2 Å². The molecule has 0 aromatic heterocycles. The van der Waals surface area contributed by atoms with Crippen LogP contribution in [0.5, 0.6) is 0 Å². The molecule has 1 rings (SSSR count). The van der Waals surface area contributed by atoms with E-state index in [1.54, 1.807) is 19.1 Å². The molecule has 1 atom stereocenters. The average molecular weight is 331 g/mol. The van der Waals surface area contributed by atoms with Gasteiger partial charge in [-0.2, -0.15) is 0 Å². The van der Waals surface area contributed by atoms with Crippen LogP contribution in [-0.2, 0) is 0 Å². The smallest absolute Gasteiger partial charge is 0.318 e. The third-order valence-corrected chi connectivity index (χ3v) is 3.45. The maximum atomic E-state index is 13.5. The summed E-state index contributed by atoms with van der Waals surface area (Å²) in [4.78, 5) is 13.6. The van der Waals surface area contributed by atoms with Crippen molar-refractivity contribution in [2.75, 3.05) is 13.1 Å². The molecule has 6 heteroatoms. The quantitative estimate of drug-likeness (QED) is 0.601. The van der Waals surface area contributed by atoms with Crippen LogP contribution in [0, 0.1) is 5.82 Å². The van der Waals surface area contributed by atoms with Crippen LogP contribution in [-0.4, -0.2) is 24.0 Å². The molecule has 0 aliphatic heterocycles. The van der Waals surface area contributed by atoms with Crippen molar-refractivity contribution < 1.29 is 9.18 Å². The lowest BCUT2D eigenvalue weighted by molar-refractivity contribution is 0.205. The summed E-state index contributed by atoms with van der Waals surface area (Å²) in [7, 11) is 0. The highest BCUT2D eigenvalue weighted by Crippen LogP contribution is 2.28. The van der Waals surface area contributed by atoms with Crippen molar-refractivity contribution in [3.8, 4) is 0 Å². The molecule has 2 amide bonds. The van der Waals surface area contributed by atoms with Gasteiger partial charge in [0.1, 0.15) is 5.82 Å². The van der Waals surface area contributed by atoms with Crippen LogP contribution in [0.1, 0.15) is 18.5 Å². The zero-order chi connectivity index (χ0) is 16.0. The fourth-order valence-corrected chi connectivity index (χ4v) is 2.32. The average Bonchev–Trinajstić information content (AvgIpc) is 2.42. The van der Waals surface area contributed by atoms with Gasteiger partial charge in [0.2, 0.25) is 0 Å². The molecule has 0 aliphatic carbocycles. The predicted octanol–water partition coefficient (Wildman–Crippen LogP) is 4.58. The number of carbonyl (C=O) groups is 1. The Labute approximate surface area is 134 Å². The normalized spacial score (nSPS) is 11.6. The molecule has 1 aromatic carbocycles. The van der Waals surface area contributed by atoms with Crippen LogP contribution in [0.25, 0.3) is 0 Å². The second-order valence-corrected chi connectivity index (χ2v) is 5.26. The van der Waals surface area contributed by atoms with Crippen LogP contribution in [0.4, 0.5) is 9.18 Å². The van der Waals surface area contributed by atoms with Crippen LogP contribution in [0.3, 0.4) is 0 Å². The maximum absolute atomic E-state index is 13.5. The molecular weight excluding hydrogens is 314 g/mol. The molecule has 114 valence electrons. The maximum Gasteiger partial charge on any atom is 0.318 e. The first-order valence-corrected chi connectivity index (χ1v) is 7.08. The number of urea groups is 1. The topological polar surface area (TPSA) is 32.3 Å². The predicted molar refractivity (Wildman–Crippen MR) is 85.3 cm³/mol. The number of carbonyl (C=O) groups excluding carboxylic acids is 1. The molecule has 0 saturated heterocycles. The molecule has 3 nitrogen and oxygen atoms in total. The van der Waals surface area contributed by atoms with Gasteiger partial charge in [-0.25, -0.2) is 9.18 Å². The molecule has 0 saturated carbocycles. The molecule has 0 radical (unpaired) electrons. The molecule has 1 N–H and O–H groups in total. The summed E-state index contributed by atoms with van der Waals surface area (Å²) in [5.41, 5.74) is 0.462. The van der Waals surface area contributed by atoms with E-state index in [9.17, 15) is 9.18 Å². The van der Waals surface area contributed by atoms with Gasteiger partial charge in [-0.15, -0.1) is 13.2 Å². The van der Waals surface area contributed by atoms with Crippen molar-refractivity contribution in [2.24, 2.45) is 0 Å². The van der Waals surface area contributed by atoms with Crippen molar-refractivity contribution in [1.82, 2.24) is 10.2 Å². The minimum absolute atomic E-state index is 0.0535. The number of nitrogens with zero attached hydrogens (tertiary/aromatic N) is 1. The van der Waals surface area contributed by atoms with E-state index in [-0.39, 0.29) is 11.1 Å². The Morgan fingerprint density at radius 1 is 1.33 bits per heavy atom. The van der Waals surface area contributed by atoms with Gasteiger partial charge in [-0.1, -0.05) is 35.4 Å². The van der Waals surface area contributed by atoms with Gasteiger partial charge >= 0.3 is 6.03 Å². The number of amides is 2. The molecule has 0 bridgehead atoms. The van der Waals surface area contributed by atoms with Crippen LogP contribution >= 0.6 is 23.2 Å². The molecule has 21 heavy (non-hydrogen) atoms. The van der Waals surface area contributed by atoms with E-state index in [1.165, 1.54) is 17.0 Å². The summed E-state index contributed by atoms with van der Waals surface area (Å²) >= 11 is 11.7. The summed E-state index contributed by atoms with van der Waals surface area (Å²) in [5, 5.41) is 3.00. The molecule has 0 heterocycles. The highest BCUT2D eigenvalue weighted by Gasteiger charge is 2.18. The van der Waals surface area contributed by atoms with Gasteiger partial charge in [0.15, 0.2) is 0 Å². The fraction of sp³-hybridized carbons (Fsp3) is 0.267. The van der Waals surface area contributed by atoms with E-state index < -0.39 is 11.9 Å². The van der Waals surface area contributed by atoms with E-state index in [0.29, 0.717) is 23.7 Å². The first-order valence-electron chi connectivity index (χ1n) is 6.32. The van der Waals surface area contributed by atoms with E-state index in [2.05, 4.69) is 18.5 Å². The number of hydrogen-bond acceptors (Lipinski definition) is 1. The third-order valence-electron chi connectivity index (χ3n) is 2.83. The number of hydrogen-bond donors (Lipinski definition) is 1. The van der Waals surface area contributed by atoms with Gasteiger partial charge in [0.05, 0.1) is 11.1 Å². The molecule has 0 fully saturated rings. The molecule has 0 spiro atoms. The van der Waals surface area contributed by atoms with E-state index >= 15 is 0 Å². The molecular formula is C15H17Cl2FN2O. The van der Waals surface area contributed by atoms with E-state index in [1.807, 2.05) is 0 Å². The van der Waals surface area contributed by atoms with Gasteiger partial charge in [-0.05, 0) is 24.6 Å². The number of rotatable bonds is 6. The molecule has 1 unspecified atom stereocenters. The van der Waals surface area contributed by atoms with Crippen LogP contribution in [0.15, 0.2) is 37.4 Å². The van der Waals surface area contributed by atoms with Crippen molar-refractivity contribution >= 4 is 29.2 Å². The van der Waals surface area contributed by atoms with Crippen molar-refractivity contribution in [1.29, 1.82) is 0 Å². The first-order chi connectivity index (χ1) is 9.90. The number of halogens is 3. The number of nitrogens with one attached hydrogen (secondary N) is 1. The summed E-state index contributed by atoms with van der Waals surface area (Å²) in [5.74, 6) is -0.578. The summed E-state index contributed by atoms with van der Waals surface area (Å²) in [6.07, 6.45) is 3.23. The Hall–Kier alpha value is -1.52. The van der Waals surface area contributed by atoms with Crippen LogP contribution in [0.2, 0.25) is 10.0 Å². The second-order valence-electron chi connectivity index (χ2n) is 4.44. The number of benzene rings is 1.